The van der Waals surface area contributed by atoms with Crippen molar-refractivity contribution in [1.29, 1.82) is 0 Å². The first-order valence-corrected chi connectivity index (χ1v) is 14.1. The van der Waals surface area contributed by atoms with Gasteiger partial charge in [-0.1, -0.05) is 0 Å². The lowest BCUT2D eigenvalue weighted by Gasteiger charge is -2.43. The maximum atomic E-state index is 14.4. The summed E-state index contributed by atoms with van der Waals surface area (Å²) in [5.74, 6) is -1.36. The fourth-order valence-electron chi connectivity index (χ4n) is 6.67. The molecule has 0 aliphatic carbocycles. The van der Waals surface area contributed by atoms with Gasteiger partial charge in [0.1, 0.15) is 11.7 Å². The summed E-state index contributed by atoms with van der Waals surface area (Å²) in [6.45, 7) is 2.01. The van der Waals surface area contributed by atoms with E-state index in [0.29, 0.717) is 31.4 Å². The van der Waals surface area contributed by atoms with Crippen molar-refractivity contribution in [2.75, 3.05) is 20.2 Å². The Bertz CT molecular complexity index is 1300. The number of alkyl halides is 4. The number of pyridine rings is 1. The Morgan fingerprint density at radius 2 is 1.79 bits per heavy atom. The zero-order valence-corrected chi connectivity index (χ0v) is 23.7. The van der Waals surface area contributed by atoms with Crippen LogP contribution in [0.2, 0.25) is 0 Å². The number of hydrogen-bond donors (Lipinski definition) is 2. The number of ether oxygens (including phenoxy) is 1. The minimum atomic E-state index is -4.48. The number of hydrogen-bond acceptors (Lipinski definition) is 6. The van der Waals surface area contributed by atoms with Crippen molar-refractivity contribution in [3.8, 4) is 17.1 Å². The van der Waals surface area contributed by atoms with Gasteiger partial charge in [-0.25, -0.2) is 13.8 Å². The first-order valence-electron chi connectivity index (χ1n) is 14.1. The largest absolute Gasteiger partial charge is 0.481 e. The highest BCUT2D eigenvalue weighted by molar-refractivity contribution is 5.94. The average molecular weight is 599 g/mol. The van der Waals surface area contributed by atoms with Crippen LogP contribution in [0, 0.1) is 11.7 Å². The zero-order chi connectivity index (χ0) is 30.4. The molecule has 5 atom stereocenters. The highest BCUT2D eigenvalue weighted by atomic mass is 19.4. The zero-order valence-electron chi connectivity index (χ0n) is 23.7. The molecule has 2 N–H and O–H groups in total. The summed E-state index contributed by atoms with van der Waals surface area (Å²) in [6, 6.07) is 0.207. The van der Waals surface area contributed by atoms with E-state index in [4.69, 9.17) is 4.74 Å². The number of aromatic nitrogens is 3. The van der Waals surface area contributed by atoms with Crippen molar-refractivity contribution in [2.45, 2.75) is 88.4 Å². The highest BCUT2D eigenvalue weighted by Crippen LogP contribution is 2.40. The van der Waals surface area contributed by atoms with E-state index in [-0.39, 0.29) is 67.0 Å². The Morgan fingerprint density at radius 1 is 1.10 bits per heavy atom. The maximum absolute atomic E-state index is 14.4. The van der Waals surface area contributed by atoms with Crippen LogP contribution in [-0.4, -0.2) is 93.0 Å². The van der Waals surface area contributed by atoms with Crippen LogP contribution in [0.15, 0.2) is 18.3 Å². The summed E-state index contributed by atoms with van der Waals surface area (Å²) in [6.07, 6.45) is -1.27. The number of rotatable bonds is 7. The minimum absolute atomic E-state index is 0.0844. The molecule has 3 aliphatic rings. The quantitative estimate of drug-likeness (QED) is 0.462. The van der Waals surface area contributed by atoms with Gasteiger partial charge in [-0.05, 0) is 58.4 Å². The van der Waals surface area contributed by atoms with Crippen LogP contribution in [0.3, 0.4) is 0 Å². The van der Waals surface area contributed by atoms with Crippen LogP contribution in [0.4, 0.5) is 22.0 Å². The molecular formula is C28H35F5N6O3. The number of halogens is 5. The van der Waals surface area contributed by atoms with Crippen molar-refractivity contribution >= 4 is 11.8 Å². The first-order chi connectivity index (χ1) is 19.7. The molecule has 230 valence electrons. The number of nitrogens with one attached hydrogen (secondary N) is 2. The van der Waals surface area contributed by atoms with E-state index >= 15 is 0 Å². The topological polar surface area (TPSA) is 103 Å². The third kappa shape index (κ3) is 6.37. The Labute approximate surface area is 240 Å². The predicted octanol–water partition coefficient (Wildman–Crippen LogP) is 4.26. The van der Waals surface area contributed by atoms with E-state index in [0.717, 1.165) is 11.1 Å². The molecule has 5 rings (SSSR count). The van der Waals surface area contributed by atoms with Crippen molar-refractivity contribution in [2.24, 2.45) is 5.92 Å². The second-order valence-corrected chi connectivity index (χ2v) is 12.1. The summed E-state index contributed by atoms with van der Waals surface area (Å²) in [4.78, 5) is 33.3. The molecule has 42 heavy (non-hydrogen) atoms. The van der Waals surface area contributed by atoms with Crippen molar-refractivity contribution in [1.82, 2.24) is 30.3 Å². The Hall–Kier alpha value is -3.29. The lowest BCUT2D eigenvalue weighted by molar-refractivity contribution is -0.196. The van der Waals surface area contributed by atoms with Crippen LogP contribution < -0.4 is 10.1 Å². The monoisotopic (exact) mass is 598 g/mol. The summed E-state index contributed by atoms with van der Waals surface area (Å²) in [7, 11) is 1.41. The second-order valence-electron chi connectivity index (χ2n) is 12.1. The van der Waals surface area contributed by atoms with E-state index in [1.165, 1.54) is 33.1 Å². The van der Waals surface area contributed by atoms with Crippen LogP contribution in [0.5, 0.6) is 5.88 Å². The number of H-pyrrole nitrogens is 1. The van der Waals surface area contributed by atoms with Crippen LogP contribution >= 0.6 is 0 Å². The first kappa shape index (κ1) is 30.2. The number of carbonyl (C=O) groups excluding carboxylic acids is 2. The fourth-order valence-corrected chi connectivity index (χ4v) is 6.67. The van der Waals surface area contributed by atoms with Gasteiger partial charge < -0.3 is 15.0 Å². The van der Waals surface area contributed by atoms with Gasteiger partial charge >= 0.3 is 6.18 Å². The van der Waals surface area contributed by atoms with Gasteiger partial charge in [0.05, 0.1) is 19.0 Å². The van der Waals surface area contributed by atoms with E-state index in [1.807, 2.05) is 0 Å². The Balaban J connectivity index is 1.22. The number of amides is 2. The number of methoxy groups -OCH3 is 1. The average Bonchev–Trinajstić information content (AvgIpc) is 3.49. The lowest BCUT2D eigenvalue weighted by atomic mass is 9.88. The van der Waals surface area contributed by atoms with Gasteiger partial charge in [0.25, 0.3) is 5.91 Å². The van der Waals surface area contributed by atoms with Gasteiger partial charge in [-0.3, -0.25) is 19.6 Å². The number of carbonyl (C=O) groups is 2. The minimum Gasteiger partial charge on any atom is -0.481 e. The van der Waals surface area contributed by atoms with Crippen molar-refractivity contribution in [3.05, 3.63) is 29.8 Å². The molecule has 3 aliphatic heterocycles. The molecule has 2 aromatic rings. The molecule has 5 heterocycles. The molecule has 2 aromatic heterocycles. The second kappa shape index (κ2) is 11.4. The van der Waals surface area contributed by atoms with Gasteiger partial charge in [-0.2, -0.15) is 18.3 Å². The molecular weight excluding hydrogens is 563 g/mol. The summed E-state index contributed by atoms with van der Waals surface area (Å²) in [5.41, 5.74) is -1.24. The molecule has 9 nitrogen and oxygen atoms in total. The third-order valence-electron chi connectivity index (χ3n) is 8.45. The molecule has 14 heteroatoms. The number of nitrogens with zero attached hydrogens (tertiary/aromatic N) is 4. The molecule has 0 radical (unpaired) electrons. The van der Waals surface area contributed by atoms with Crippen LogP contribution in [0.1, 0.15) is 62.9 Å². The van der Waals surface area contributed by atoms with Gasteiger partial charge in [0.2, 0.25) is 11.8 Å². The number of likely N-dealkylation sites (tertiary alicyclic amines) is 1. The molecule has 3 saturated heterocycles. The molecule has 0 spiro atoms. The SMILES string of the molecule is COc1cc(-c2cc(C(=O)N3[C@@H]4CC[C@H]3C[C@H](C(=O)N[C@@H]3CC[C@H](C(F)(F)F)N(CC(C)(C)F)C3)C4)n[nH]2)c(F)cn1. The third-order valence-corrected chi connectivity index (χ3v) is 8.45. The molecule has 3 fully saturated rings. The predicted molar refractivity (Wildman–Crippen MR) is 142 cm³/mol. The van der Waals surface area contributed by atoms with E-state index < -0.39 is 35.7 Å². The van der Waals surface area contributed by atoms with Crippen molar-refractivity contribution < 1.29 is 36.3 Å². The Kier molecular flexibility index (Phi) is 8.20. The van der Waals surface area contributed by atoms with E-state index in [1.54, 1.807) is 4.90 Å². The highest BCUT2D eigenvalue weighted by Gasteiger charge is 2.49. The summed E-state index contributed by atoms with van der Waals surface area (Å²) in [5, 5.41) is 9.73. The van der Waals surface area contributed by atoms with Crippen molar-refractivity contribution in [3.63, 3.8) is 0 Å². The lowest BCUT2D eigenvalue weighted by Crippen LogP contribution is -2.59. The van der Waals surface area contributed by atoms with Gasteiger partial charge in [0, 0.05) is 48.8 Å². The van der Waals surface area contributed by atoms with Crippen LogP contribution in [0.25, 0.3) is 11.3 Å². The smallest absolute Gasteiger partial charge is 0.404 e. The molecule has 2 amide bonds. The summed E-state index contributed by atoms with van der Waals surface area (Å²) >= 11 is 0. The molecule has 2 bridgehead atoms. The number of piperidine rings is 2. The maximum Gasteiger partial charge on any atom is 0.404 e. The number of aromatic amines is 1. The van der Waals surface area contributed by atoms with Gasteiger partial charge in [-0.15, -0.1) is 0 Å². The van der Waals surface area contributed by atoms with E-state index in [2.05, 4.69) is 20.5 Å². The van der Waals surface area contributed by atoms with Gasteiger partial charge in [0.15, 0.2) is 11.5 Å². The number of fused-ring (bicyclic) bond motifs is 2. The fraction of sp³-hybridized carbons (Fsp3) is 0.643. The summed E-state index contributed by atoms with van der Waals surface area (Å²) < 4.78 is 74.5. The molecule has 0 aromatic carbocycles. The standard InChI is InChI=1S/C28H35F5N6O3/c1-27(2,30)14-38-13-16(4-7-23(38)28(31,32)33)35-25(40)15-8-17-5-6-18(9-15)39(17)26(41)22-11-21(36-37-22)19-10-24(42-3)34-12-20(19)29/h10-12,15-18,23H,4-9,13-14H2,1-3H3,(H,35,40)(H,36,37)/t15-,16-,17-,18+,23-/m1/s1. The Morgan fingerprint density at radius 3 is 2.40 bits per heavy atom. The molecule has 0 saturated carbocycles. The normalized spacial score (nSPS) is 26.8. The van der Waals surface area contributed by atoms with E-state index in [9.17, 15) is 31.5 Å². The van der Waals surface area contributed by atoms with Crippen LogP contribution in [-0.2, 0) is 4.79 Å². The molecule has 0 unspecified atom stereocenters.